The molecule has 0 radical (unpaired) electrons. The molecule has 6 nitrogen and oxygen atoms in total. The summed E-state index contributed by atoms with van der Waals surface area (Å²) in [7, 11) is 0. The summed E-state index contributed by atoms with van der Waals surface area (Å²) in [6, 6.07) is 15.0. The first-order chi connectivity index (χ1) is 14.8. The fraction of sp³-hybridized carbons (Fsp3) is 0.280. The second-order valence-corrected chi connectivity index (χ2v) is 8.12. The number of aryl methyl sites for hydroxylation is 1. The molecular weight excluding hydrogens is 392 g/mol. The van der Waals surface area contributed by atoms with Crippen molar-refractivity contribution in [2.45, 2.75) is 32.8 Å². The Kier molecular flexibility index (Phi) is 5.65. The molecule has 1 saturated heterocycles. The van der Waals surface area contributed by atoms with E-state index in [0.717, 1.165) is 35.1 Å². The molecule has 6 heteroatoms. The lowest BCUT2D eigenvalue weighted by Crippen LogP contribution is -2.35. The molecular formula is C25H26N2O4. The second-order valence-electron chi connectivity index (χ2n) is 8.12. The fourth-order valence-corrected chi connectivity index (χ4v) is 4.24. The molecule has 4 rings (SSSR count). The number of hydrogen-bond donors (Lipinski definition) is 3. The SMILES string of the molecule is Cc1ccc(C(=O)O)c(C)c1NC(=O)c1cc(N2CCC(O)CC2)cc2ccccc12. The lowest BCUT2D eigenvalue weighted by Gasteiger charge is -2.32. The Morgan fingerprint density at radius 1 is 1.00 bits per heavy atom. The van der Waals surface area contributed by atoms with Gasteiger partial charge in [0.15, 0.2) is 0 Å². The molecule has 0 unspecified atom stereocenters. The van der Waals surface area contributed by atoms with Crippen LogP contribution >= 0.6 is 0 Å². The number of amides is 1. The van der Waals surface area contributed by atoms with E-state index in [4.69, 9.17) is 0 Å². The number of carboxylic acids is 1. The number of benzene rings is 3. The molecule has 1 heterocycles. The van der Waals surface area contributed by atoms with Crippen LogP contribution in [0.15, 0.2) is 48.5 Å². The van der Waals surface area contributed by atoms with E-state index in [9.17, 15) is 19.8 Å². The third kappa shape index (κ3) is 4.11. The van der Waals surface area contributed by atoms with Crippen molar-refractivity contribution in [1.82, 2.24) is 0 Å². The van der Waals surface area contributed by atoms with Gasteiger partial charge in [-0.05, 0) is 66.8 Å². The van der Waals surface area contributed by atoms with Gasteiger partial charge in [-0.15, -0.1) is 0 Å². The number of anilines is 2. The number of nitrogens with one attached hydrogen (secondary N) is 1. The average molecular weight is 418 g/mol. The van der Waals surface area contributed by atoms with Crippen molar-refractivity contribution in [3.63, 3.8) is 0 Å². The molecule has 0 bridgehead atoms. The number of fused-ring (bicyclic) bond motifs is 1. The Bertz CT molecular complexity index is 1160. The van der Waals surface area contributed by atoms with Crippen molar-refractivity contribution in [2.75, 3.05) is 23.3 Å². The predicted octanol–water partition coefficient (Wildman–Crippen LogP) is 4.37. The van der Waals surface area contributed by atoms with E-state index in [2.05, 4.69) is 16.3 Å². The molecule has 3 aromatic carbocycles. The molecule has 1 fully saturated rings. The number of aliphatic hydroxyl groups excluding tert-OH is 1. The van der Waals surface area contributed by atoms with Crippen LogP contribution in [0.4, 0.5) is 11.4 Å². The summed E-state index contributed by atoms with van der Waals surface area (Å²) in [5.74, 6) is -1.29. The maximum absolute atomic E-state index is 13.4. The molecule has 1 amide bonds. The maximum atomic E-state index is 13.4. The third-order valence-corrected chi connectivity index (χ3v) is 6.06. The van der Waals surface area contributed by atoms with E-state index >= 15 is 0 Å². The zero-order valence-corrected chi connectivity index (χ0v) is 17.7. The van der Waals surface area contributed by atoms with E-state index in [1.165, 1.54) is 0 Å². The molecule has 0 aromatic heterocycles. The summed E-state index contributed by atoms with van der Waals surface area (Å²) >= 11 is 0. The van der Waals surface area contributed by atoms with E-state index < -0.39 is 5.97 Å². The van der Waals surface area contributed by atoms with Crippen LogP contribution in [-0.2, 0) is 0 Å². The van der Waals surface area contributed by atoms with Crippen molar-refractivity contribution in [3.05, 3.63) is 70.8 Å². The summed E-state index contributed by atoms with van der Waals surface area (Å²) in [4.78, 5) is 27.1. The van der Waals surface area contributed by atoms with Gasteiger partial charge in [0.25, 0.3) is 5.91 Å². The van der Waals surface area contributed by atoms with E-state index in [1.54, 1.807) is 19.1 Å². The highest BCUT2D eigenvalue weighted by atomic mass is 16.4. The van der Waals surface area contributed by atoms with Crippen molar-refractivity contribution >= 4 is 34.0 Å². The lowest BCUT2D eigenvalue weighted by atomic mass is 9.99. The number of piperidine rings is 1. The fourth-order valence-electron chi connectivity index (χ4n) is 4.24. The monoisotopic (exact) mass is 418 g/mol. The molecule has 3 N–H and O–H groups in total. The Hall–Kier alpha value is -3.38. The Morgan fingerprint density at radius 2 is 1.71 bits per heavy atom. The van der Waals surface area contributed by atoms with Gasteiger partial charge in [0.2, 0.25) is 0 Å². The molecule has 31 heavy (non-hydrogen) atoms. The second kappa shape index (κ2) is 8.40. The van der Waals surface area contributed by atoms with Crippen LogP contribution in [0.3, 0.4) is 0 Å². The van der Waals surface area contributed by atoms with E-state index in [-0.39, 0.29) is 17.6 Å². The molecule has 0 spiro atoms. The minimum absolute atomic E-state index is 0.173. The zero-order valence-electron chi connectivity index (χ0n) is 17.7. The van der Waals surface area contributed by atoms with Crippen LogP contribution in [-0.4, -0.2) is 41.3 Å². The molecule has 0 aliphatic carbocycles. The van der Waals surface area contributed by atoms with Crippen LogP contribution in [0.5, 0.6) is 0 Å². The van der Waals surface area contributed by atoms with E-state index in [0.29, 0.717) is 29.7 Å². The van der Waals surface area contributed by atoms with Gasteiger partial charge in [-0.2, -0.15) is 0 Å². The number of carbonyl (C=O) groups is 2. The standard InChI is InChI=1S/C25H26N2O4/c1-15-7-8-20(25(30)31)16(2)23(15)26-24(29)22-14-18(27-11-9-19(28)10-12-27)13-17-5-3-4-6-21(17)22/h3-8,13-14,19,28H,9-12H2,1-2H3,(H,26,29)(H,30,31). The number of aromatic carboxylic acids is 1. The highest BCUT2D eigenvalue weighted by Crippen LogP contribution is 2.30. The van der Waals surface area contributed by atoms with Crippen molar-refractivity contribution in [3.8, 4) is 0 Å². The van der Waals surface area contributed by atoms with Crippen molar-refractivity contribution < 1.29 is 19.8 Å². The van der Waals surface area contributed by atoms with Gasteiger partial charge in [0.1, 0.15) is 0 Å². The Morgan fingerprint density at radius 3 is 2.42 bits per heavy atom. The molecule has 0 saturated carbocycles. The smallest absolute Gasteiger partial charge is 0.336 e. The summed E-state index contributed by atoms with van der Waals surface area (Å²) in [5, 5.41) is 24.0. The maximum Gasteiger partial charge on any atom is 0.336 e. The van der Waals surface area contributed by atoms with Crippen LogP contribution in [0.1, 0.15) is 44.7 Å². The van der Waals surface area contributed by atoms with Gasteiger partial charge in [-0.3, -0.25) is 4.79 Å². The van der Waals surface area contributed by atoms with Gasteiger partial charge in [0, 0.05) is 30.0 Å². The molecule has 0 atom stereocenters. The van der Waals surface area contributed by atoms with Crippen LogP contribution < -0.4 is 10.2 Å². The van der Waals surface area contributed by atoms with Crippen LogP contribution in [0.2, 0.25) is 0 Å². The molecule has 1 aliphatic rings. The first-order valence-electron chi connectivity index (χ1n) is 10.5. The zero-order chi connectivity index (χ0) is 22.1. The van der Waals surface area contributed by atoms with Gasteiger partial charge >= 0.3 is 5.97 Å². The number of aliphatic hydroxyl groups is 1. The first-order valence-corrected chi connectivity index (χ1v) is 10.5. The number of carboxylic acid groups (broad SMARTS) is 1. The van der Waals surface area contributed by atoms with Gasteiger partial charge < -0.3 is 20.4 Å². The lowest BCUT2D eigenvalue weighted by molar-refractivity contribution is 0.0695. The Balaban J connectivity index is 1.74. The van der Waals surface area contributed by atoms with Crippen molar-refractivity contribution in [1.29, 1.82) is 0 Å². The quantitative estimate of drug-likeness (QED) is 0.585. The van der Waals surface area contributed by atoms with Crippen LogP contribution in [0, 0.1) is 13.8 Å². The normalized spacial score (nSPS) is 14.6. The summed E-state index contributed by atoms with van der Waals surface area (Å²) in [6.07, 6.45) is 1.13. The summed E-state index contributed by atoms with van der Waals surface area (Å²) in [5.41, 5.74) is 3.53. The Labute approximate surface area is 181 Å². The predicted molar refractivity (Wildman–Crippen MR) is 122 cm³/mol. The number of hydrogen-bond acceptors (Lipinski definition) is 4. The first kappa shape index (κ1) is 20.9. The summed E-state index contributed by atoms with van der Waals surface area (Å²) in [6.45, 7) is 5.03. The highest BCUT2D eigenvalue weighted by Gasteiger charge is 2.21. The van der Waals surface area contributed by atoms with Gasteiger partial charge in [-0.1, -0.05) is 30.3 Å². The summed E-state index contributed by atoms with van der Waals surface area (Å²) < 4.78 is 0. The third-order valence-electron chi connectivity index (χ3n) is 6.06. The highest BCUT2D eigenvalue weighted by molar-refractivity contribution is 6.14. The molecule has 3 aromatic rings. The largest absolute Gasteiger partial charge is 0.478 e. The number of carbonyl (C=O) groups excluding carboxylic acids is 1. The number of nitrogens with zero attached hydrogens (tertiary/aromatic N) is 1. The minimum Gasteiger partial charge on any atom is -0.478 e. The minimum atomic E-state index is -1.02. The topological polar surface area (TPSA) is 89.9 Å². The van der Waals surface area contributed by atoms with Gasteiger partial charge in [0.05, 0.1) is 11.7 Å². The number of rotatable bonds is 4. The molecule has 160 valence electrons. The van der Waals surface area contributed by atoms with E-state index in [1.807, 2.05) is 37.3 Å². The average Bonchev–Trinajstić information content (AvgIpc) is 2.76. The van der Waals surface area contributed by atoms with Gasteiger partial charge in [-0.25, -0.2) is 4.79 Å². The molecule has 1 aliphatic heterocycles. The van der Waals surface area contributed by atoms with Crippen LogP contribution in [0.25, 0.3) is 10.8 Å². The van der Waals surface area contributed by atoms with Crippen molar-refractivity contribution in [2.24, 2.45) is 0 Å².